The summed E-state index contributed by atoms with van der Waals surface area (Å²) in [6.07, 6.45) is 5.66. The fourth-order valence-electron chi connectivity index (χ4n) is 2.17. The second-order valence-corrected chi connectivity index (χ2v) is 5.51. The van der Waals surface area contributed by atoms with Gasteiger partial charge in [0.15, 0.2) is 5.96 Å². The highest BCUT2D eigenvalue weighted by Crippen LogP contribution is 2.04. The van der Waals surface area contributed by atoms with E-state index in [0.717, 1.165) is 38.4 Å². The van der Waals surface area contributed by atoms with E-state index < -0.39 is 0 Å². The SMILES string of the molecule is CCNC(=NCc1ccc(C)cc1)NCCCCn1cnnc1. The topological polar surface area (TPSA) is 67.1 Å². The van der Waals surface area contributed by atoms with Crippen molar-refractivity contribution < 1.29 is 0 Å². The van der Waals surface area contributed by atoms with Gasteiger partial charge in [0.2, 0.25) is 0 Å². The summed E-state index contributed by atoms with van der Waals surface area (Å²) in [5.41, 5.74) is 2.50. The summed E-state index contributed by atoms with van der Waals surface area (Å²) in [4.78, 5) is 4.63. The molecule has 0 aliphatic heterocycles. The molecule has 0 unspecified atom stereocenters. The summed E-state index contributed by atoms with van der Waals surface area (Å²) < 4.78 is 2.00. The van der Waals surface area contributed by atoms with Crippen LogP contribution in [0.25, 0.3) is 0 Å². The van der Waals surface area contributed by atoms with Crippen molar-refractivity contribution in [1.82, 2.24) is 25.4 Å². The van der Waals surface area contributed by atoms with Crippen LogP contribution in [0.1, 0.15) is 30.9 Å². The van der Waals surface area contributed by atoms with Gasteiger partial charge in [0.05, 0.1) is 6.54 Å². The van der Waals surface area contributed by atoms with E-state index in [1.165, 1.54) is 11.1 Å². The van der Waals surface area contributed by atoms with Gasteiger partial charge in [-0.3, -0.25) is 0 Å². The van der Waals surface area contributed by atoms with E-state index in [1.54, 1.807) is 12.7 Å². The highest BCUT2D eigenvalue weighted by atomic mass is 15.2. The molecule has 0 bridgehead atoms. The zero-order valence-corrected chi connectivity index (χ0v) is 14.0. The van der Waals surface area contributed by atoms with Crippen molar-refractivity contribution in [2.45, 2.75) is 39.8 Å². The second kappa shape index (κ2) is 9.61. The first-order valence-corrected chi connectivity index (χ1v) is 8.18. The van der Waals surface area contributed by atoms with Gasteiger partial charge in [-0.05, 0) is 32.3 Å². The Morgan fingerprint density at radius 3 is 2.52 bits per heavy atom. The Kier molecular flexibility index (Phi) is 7.10. The Labute approximate surface area is 138 Å². The zero-order chi connectivity index (χ0) is 16.3. The van der Waals surface area contributed by atoms with E-state index in [-0.39, 0.29) is 0 Å². The summed E-state index contributed by atoms with van der Waals surface area (Å²) in [7, 11) is 0. The maximum Gasteiger partial charge on any atom is 0.191 e. The lowest BCUT2D eigenvalue weighted by atomic mass is 10.1. The van der Waals surface area contributed by atoms with Crippen molar-refractivity contribution in [3.8, 4) is 0 Å². The first-order chi connectivity index (χ1) is 11.3. The number of aryl methyl sites for hydroxylation is 2. The second-order valence-electron chi connectivity index (χ2n) is 5.51. The standard InChI is InChI=1S/C17H26N6/c1-3-18-17(20-12-16-8-6-15(2)7-9-16)19-10-4-5-11-23-13-21-22-14-23/h6-9,13-14H,3-5,10-12H2,1-2H3,(H2,18,19,20). The van der Waals surface area contributed by atoms with Crippen molar-refractivity contribution >= 4 is 5.96 Å². The Balaban J connectivity index is 1.71. The van der Waals surface area contributed by atoms with Gasteiger partial charge in [0, 0.05) is 19.6 Å². The van der Waals surface area contributed by atoms with Crippen LogP contribution in [0.3, 0.4) is 0 Å². The molecule has 0 saturated heterocycles. The van der Waals surface area contributed by atoms with Gasteiger partial charge in [0.1, 0.15) is 12.7 Å². The summed E-state index contributed by atoms with van der Waals surface area (Å²) in [5, 5.41) is 14.3. The van der Waals surface area contributed by atoms with E-state index in [4.69, 9.17) is 0 Å². The minimum absolute atomic E-state index is 0.691. The molecule has 0 radical (unpaired) electrons. The lowest BCUT2D eigenvalue weighted by Crippen LogP contribution is -2.37. The Morgan fingerprint density at radius 2 is 1.83 bits per heavy atom. The lowest BCUT2D eigenvalue weighted by molar-refractivity contribution is 0.598. The van der Waals surface area contributed by atoms with Crippen molar-refractivity contribution in [3.05, 3.63) is 48.0 Å². The molecular weight excluding hydrogens is 288 g/mol. The van der Waals surface area contributed by atoms with Crippen molar-refractivity contribution in [2.24, 2.45) is 4.99 Å². The van der Waals surface area contributed by atoms with Crippen LogP contribution in [0.15, 0.2) is 41.9 Å². The first kappa shape index (κ1) is 17.0. The number of aliphatic imine (C=N–C) groups is 1. The van der Waals surface area contributed by atoms with Crippen LogP contribution in [0.5, 0.6) is 0 Å². The number of rotatable bonds is 8. The summed E-state index contributed by atoms with van der Waals surface area (Å²) >= 11 is 0. The van der Waals surface area contributed by atoms with Crippen LogP contribution in [-0.4, -0.2) is 33.8 Å². The number of hydrogen-bond acceptors (Lipinski definition) is 3. The van der Waals surface area contributed by atoms with Gasteiger partial charge >= 0.3 is 0 Å². The molecule has 0 saturated carbocycles. The third-order valence-electron chi connectivity index (χ3n) is 3.49. The van der Waals surface area contributed by atoms with Gasteiger partial charge < -0.3 is 15.2 Å². The molecule has 6 nitrogen and oxygen atoms in total. The molecule has 124 valence electrons. The van der Waals surface area contributed by atoms with Crippen molar-refractivity contribution in [1.29, 1.82) is 0 Å². The molecule has 2 aromatic rings. The summed E-state index contributed by atoms with van der Waals surface area (Å²) in [6, 6.07) is 8.50. The molecule has 0 amide bonds. The molecular formula is C17H26N6. The third-order valence-corrected chi connectivity index (χ3v) is 3.49. The maximum absolute atomic E-state index is 4.63. The fraction of sp³-hybridized carbons (Fsp3) is 0.471. The quantitative estimate of drug-likeness (QED) is 0.445. The average Bonchev–Trinajstić information content (AvgIpc) is 3.07. The van der Waals surface area contributed by atoms with E-state index in [2.05, 4.69) is 63.9 Å². The van der Waals surface area contributed by atoms with Gasteiger partial charge in [-0.2, -0.15) is 0 Å². The Hall–Kier alpha value is -2.37. The summed E-state index contributed by atoms with van der Waals surface area (Å²) in [6.45, 7) is 7.58. The van der Waals surface area contributed by atoms with E-state index in [1.807, 2.05) is 4.57 Å². The van der Waals surface area contributed by atoms with Crippen LogP contribution >= 0.6 is 0 Å². The highest BCUT2D eigenvalue weighted by molar-refractivity contribution is 5.79. The number of guanidine groups is 1. The average molecular weight is 314 g/mol. The molecule has 2 rings (SSSR count). The van der Waals surface area contributed by atoms with E-state index >= 15 is 0 Å². The Morgan fingerprint density at radius 1 is 1.09 bits per heavy atom. The van der Waals surface area contributed by atoms with Gasteiger partial charge in [-0.25, -0.2) is 4.99 Å². The normalized spacial score (nSPS) is 11.5. The first-order valence-electron chi connectivity index (χ1n) is 8.18. The summed E-state index contributed by atoms with van der Waals surface area (Å²) in [5.74, 6) is 0.873. The highest BCUT2D eigenvalue weighted by Gasteiger charge is 1.98. The van der Waals surface area contributed by atoms with E-state index in [9.17, 15) is 0 Å². The molecule has 0 aliphatic rings. The van der Waals surface area contributed by atoms with Gasteiger partial charge in [-0.15, -0.1) is 10.2 Å². The van der Waals surface area contributed by atoms with Gasteiger partial charge in [0.25, 0.3) is 0 Å². The molecule has 0 aliphatic carbocycles. The fourth-order valence-corrected chi connectivity index (χ4v) is 2.17. The molecule has 6 heteroatoms. The number of nitrogens with one attached hydrogen (secondary N) is 2. The predicted octanol–water partition coefficient (Wildman–Crippen LogP) is 2.12. The number of hydrogen-bond donors (Lipinski definition) is 2. The molecule has 0 atom stereocenters. The van der Waals surface area contributed by atoms with Crippen LogP contribution in [0, 0.1) is 6.92 Å². The smallest absolute Gasteiger partial charge is 0.191 e. The zero-order valence-electron chi connectivity index (χ0n) is 14.0. The predicted molar refractivity (Wildman–Crippen MR) is 93.3 cm³/mol. The molecule has 0 spiro atoms. The minimum Gasteiger partial charge on any atom is -0.357 e. The third kappa shape index (κ3) is 6.50. The van der Waals surface area contributed by atoms with Crippen molar-refractivity contribution in [3.63, 3.8) is 0 Å². The molecule has 2 N–H and O–H groups in total. The van der Waals surface area contributed by atoms with Crippen LogP contribution < -0.4 is 10.6 Å². The van der Waals surface area contributed by atoms with Crippen LogP contribution in [-0.2, 0) is 13.1 Å². The van der Waals surface area contributed by atoms with Crippen LogP contribution in [0.2, 0.25) is 0 Å². The number of unbranched alkanes of at least 4 members (excludes halogenated alkanes) is 1. The minimum atomic E-state index is 0.691. The molecule has 1 aromatic heterocycles. The number of aromatic nitrogens is 3. The molecule has 0 fully saturated rings. The lowest BCUT2D eigenvalue weighted by Gasteiger charge is -2.11. The van der Waals surface area contributed by atoms with E-state index in [0.29, 0.717) is 6.54 Å². The molecule has 1 aromatic carbocycles. The van der Waals surface area contributed by atoms with Crippen LogP contribution in [0.4, 0.5) is 0 Å². The van der Waals surface area contributed by atoms with Crippen molar-refractivity contribution in [2.75, 3.05) is 13.1 Å². The number of benzene rings is 1. The van der Waals surface area contributed by atoms with Gasteiger partial charge in [-0.1, -0.05) is 29.8 Å². The molecule has 1 heterocycles. The monoisotopic (exact) mass is 314 g/mol. The Bertz CT molecular complexity index is 574. The maximum atomic E-state index is 4.63. The molecule has 23 heavy (non-hydrogen) atoms. The number of nitrogens with zero attached hydrogens (tertiary/aromatic N) is 4. The largest absolute Gasteiger partial charge is 0.357 e.